The minimum atomic E-state index is -0.351. The molecule has 5 rings (SSSR count). The Hall–Kier alpha value is -1.67. The second-order valence-corrected chi connectivity index (χ2v) is 9.27. The zero-order valence-corrected chi connectivity index (χ0v) is 17.7. The van der Waals surface area contributed by atoms with Crippen LogP contribution in [0.2, 0.25) is 0 Å². The largest absolute Gasteiger partial charge is 0.445 e. The van der Waals surface area contributed by atoms with E-state index in [0.717, 1.165) is 37.8 Å². The molecule has 3 aliphatic heterocycles. The molecule has 164 valence electrons. The van der Waals surface area contributed by atoms with Gasteiger partial charge in [0.2, 0.25) is 0 Å². The quantitative estimate of drug-likeness (QED) is 0.691. The van der Waals surface area contributed by atoms with Crippen molar-refractivity contribution >= 4 is 6.09 Å². The average molecular weight is 415 g/mol. The molecule has 1 aliphatic carbocycles. The summed E-state index contributed by atoms with van der Waals surface area (Å²) in [5.41, 5.74) is 10.8. The second kappa shape index (κ2) is 9.22. The summed E-state index contributed by atoms with van der Waals surface area (Å²) in [5.74, 6) is 0.518. The number of hydrogen-bond acceptors (Lipinski definition) is 6. The van der Waals surface area contributed by atoms with Crippen molar-refractivity contribution in [2.24, 2.45) is 5.92 Å². The van der Waals surface area contributed by atoms with Crippen LogP contribution in [0.25, 0.3) is 0 Å². The molecule has 1 aromatic carbocycles. The van der Waals surface area contributed by atoms with Gasteiger partial charge in [-0.1, -0.05) is 18.2 Å². The number of nitrogens with zero attached hydrogens (tertiary/aromatic N) is 1. The first kappa shape index (κ1) is 20.2. The van der Waals surface area contributed by atoms with Crippen molar-refractivity contribution in [3.63, 3.8) is 0 Å². The first-order valence-electron chi connectivity index (χ1n) is 11.6. The van der Waals surface area contributed by atoms with E-state index >= 15 is 0 Å². The smallest absolute Gasteiger partial charge is 0.407 e. The second-order valence-electron chi connectivity index (χ2n) is 9.27. The molecule has 0 spiro atoms. The van der Waals surface area contributed by atoms with Crippen LogP contribution in [0, 0.1) is 5.92 Å². The summed E-state index contributed by atoms with van der Waals surface area (Å²) in [6, 6.07) is 7.53. The molecule has 3 fully saturated rings. The Morgan fingerprint density at radius 1 is 1.07 bits per heavy atom. The van der Waals surface area contributed by atoms with E-state index in [2.05, 4.69) is 39.3 Å². The van der Waals surface area contributed by atoms with Gasteiger partial charge in [-0.05, 0) is 74.2 Å². The molecule has 0 aromatic heterocycles. The minimum absolute atomic E-state index is 0.262. The van der Waals surface area contributed by atoms with E-state index in [1.54, 1.807) is 0 Å². The molecule has 4 aliphatic rings. The Labute approximate surface area is 178 Å². The molecule has 0 radical (unpaired) electrons. The molecule has 1 amide bonds. The number of hydrogen-bond donors (Lipinski definition) is 3. The topological polar surface area (TPSA) is 74.9 Å². The van der Waals surface area contributed by atoms with Gasteiger partial charge in [-0.2, -0.15) is 0 Å². The lowest BCUT2D eigenvalue weighted by Crippen LogP contribution is -2.37. The third-order valence-electron chi connectivity index (χ3n) is 7.06. The number of nitrogens with one attached hydrogen (secondary N) is 3. The maximum absolute atomic E-state index is 12.1. The molecular formula is C23H34N4O3. The van der Waals surface area contributed by atoms with Gasteiger partial charge in [0.1, 0.15) is 6.61 Å². The van der Waals surface area contributed by atoms with Crippen LogP contribution in [0.1, 0.15) is 61.3 Å². The van der Waals surface area contributed by atoms with Crippen LogP contribution in [0.3, 0.4) is 0 Å². The van der Waals surface area contributed by atoms with Crippen LogP contribution in [0.4, 0.5) is 4.79 Å². The number of carbonyl (C=O) groups is 1. The average Bonchev–Trinajstić information content (AvgIpc) is 3.41. The summed E-state index contributed by atoms with van der Waals surface area (Å²) in [6.45, 7) is 4.88. The number of rotatable bonds is 2. The Morgan fingerprint density at radius 2 is 1.97 bits per heavy atom. The molecule has 4 atom stereocenters. The minimum Gasteiger partial charge on any atom is -0.445 e. The van der Waals surface area contributed by atoms with Gasteiger partial charge in [0.15, 0.2) is 0 Å². The van der Waals surface area contributed by atoms with Crippen LogP contribution in [0.5, 0.6) is 0 Å². The van der Waals surface area contributed by atoms with Crippen LogP contribution in [-0.4, -0.2) is 49.4 Å². The number of benzene rings is 1. The fourth-order valence-electron chi connectivity index (χ4n) is 5.56. The Morgan fingerprint density at radius 3 is 2.87 bits per heavy atom. The maximum atomic E-state index is 12.1. The highest BCUT2D eigenvalue weighted by Gasteiger charge is 2.41. The Kier molecular flexibility index (Phi) is 6.22. The number of ether oxygens (including phenoxy) is 2. The van der Waals surface area contributed by atoms with Crippen molar-refractivity contribution in [2.75, 3.05) is 26.2 Å². The molecule has 7 heteroatoms. The van der Waals surface area contributed by atoms with E-state index in [-0.39, 0.29) is 12.1 Å². The van der Waals surface area contributed by atoms with E-state index in [0.29, 0.717) is 37.8 Å². The van der Waals surface area contributed by atoms with Crippen LogP contribution < -0.4 is 16.2 Å². The number of carbonyl (C=O) groups excluding carboxylic acids is 1. The summed E-state index contributed by atoms with van der Waals surface area (Å²) < 4.78 is 11.7. The third-order valence-corrected chi connectivity index (χ3v) is 7.06. The van der Waals surface area contributed by atoms with Gasteiger partial charge >= 0.3 is 6.09 Å². The molecule has 1 saturated carbocycles. The van der Waals surface area contributed by atoms with Gasteiger partial charge in [-0.15, -0.1) is 0 Å². The van der Waals surface area contributed by atoms with Crippen molar-refractivity contribution < 1.29 is 14.3 Å². The van der Waals surface area contributed by atoms with Crippen molar-refractivity contribution in [3.05, 3.63) is 34.9 Å². The zero-order chi connectivity index (χ0) is 20.3. The lowest BCUT2D eigenvalue weighted by molar-refractivity contribution is 0.00716. The van der Waals surface area contributed by atoms with Crippen LogP contribution in [-0.2, 0) is 22.6 Å². The van der Waals surface area contributed by atoms with E-state index < -0.39 is 0 Å². The lowest BCUT2D eigenvalue weighted by atomic mass is 9.78. The predicted octanol–water partition coefficient (Wildman–Crippen LogP) is 2.62. The number of hydrazine groups is 1. The number of alkyl carbamates (subject to hydrolysis) is 1. The third kappa shape index (κ3) is 4.64. The van der Waals surface area contributed by atoms with Crippen molar-refractivity contribution in [2.45, 2.75) is 69.9 Å². The number of fused-ring (bicyclic) bond motifs is 4. The monoisotopic (exact) mass is 414 g/mol. The molecule has 30 heavy (non-hydrogen) atoms. The Bertz CT molecular complexity index is 752. The first-order chi connectivity index (χ1) is 14.7. The highest BCUT2D eigenvalue weighted by atomic mass is 16.5. The summed E-state index contributed by atoms with van der Waals surface area (Å²) >= 11 is 0. The molecule has 4 bridgehead atoms. The number of likely N-dealkylation sites (tertiary alicyclic amines) is 1. The van der Waals surface area contributed by atoms with Gasteiger partial charge in [-0.25, -0.2) is 10.2 Å². The SMILES string of the molecule is O=C1NCCCOC2CCC3NNC(c4cc(cc(CN5CCCC5)c4)CO1)C3C2. The number of amides is 1. The number of cyclic esters (lactones) is 1. The predicted molar refractivity (Wildman–Crippen MR) is 114 cm³/mol. The van der Waals surface area contributed by atoms with Gasteiger partial charge in [0.25, 0.3) is 0 Å². The normalized spacial score (nSPS) is 32.7. The van der Waals surface area contributed by atoms with Gasteiger partial charge in [0.05, 0.1) is 12.1 Å². The fraction of sp³-hybridized carbons (Fsp3) is 0.696. The highest BCUT2D eigenvalue weighted by Crippen LogP contribution is 2.39. The fourth-order valence-corrected chi connectivity index (χ4v) is 5.56. The van der Waals surface area contributed by atoms with Gasteiger partial charge < -0.3 is 14.8 Å². The molecule has 7 nitrogen and oxygen atoms in total. The maximum Gasteiger partial charge on any atom is 0.407 e. The standard InChI is InChI=1S/C23H34N4O3/c28-23-24-6-3-9-29-19-4-5-21-20(13-19)22(26-25-21)18-11-16(10-17(12-18)15-30-23)14-27-7-1-2-8-27/h10-12,19-22,25-26H,1-9,13-15H2,(H,24,28). The summed E-state index contributed by atoms with van der Waals surface area (Å²) in [4.78, 5) is 14.6. The molecule has 3 N–H and O–H groups in total. The van der Waals surface area contributed by atoms with Crippen LogP contribution >= 0.6 is 0 Å². The lowest BCUT2D eigenvalue weighted by Gasteiger charge is -2.33. The van der Waals surface area contributed by atoms with Crippen LogP contribution in [0.15, 0.2) is 18.2 Å². The zero-order valence-electron chi connectivity index (χ0n) is 17.7. The molecule has 3 heterocycles. The van der Waals surface area contributed by atoms with E-state index in [1.165, 1.54) is 37.1 Å². The van der Waals surface area contributed by atoms with E-state index in [9.17, 15) is 4.79 Å². The molecular weight excluding hydrogens is 380 g/mol. The van der Waals surface area contributed by atoms with E-state index in [4.69, 9.17) is 9.47 Å². The summed E-state index contributed by atoms with van der Waals surface area (Å²) in [5, 5.41) is 2.84. The molecule has 1 aromatic rings. The van der Waals surface area contributed by atoms with E-state index in [1.807, 2.05) is 0 Å². The highest BCUT2D eigenvalue weighted by molar-refractivity contribution is 5.67. The van der Waals surface area contributed by atoms with Crippen molar-refractivity contribution in [1.29, 1.82) is 0 Å². The Balaban J connectivity index is 1.43. The summed E-state index contributed by atoms with van der Waals surface area (Å²) in [7, 11) is 0. The molecule has 4 unspecified atom stereocenters. The first-order valence-corrected chi connectivity index (χ1v) is 11.6. The van der Waals surface area contributed by atoms with Crippen molar-refractivity contribution in [1.82, 2.24) is 21.1 Å². The van der Waals surface area contributed by atoms with Gasteiger partial charge in [-0.3, -0.25) is 10.3 Å². The summed E-state index contributed by atoms with van der Waals surface area (Å²) in [6.07, 6.45) is 6.65. The van der Waals surface area contributed by atoms with Gasteiger partial charge in [0, 0.05) is 25.7 Å². The van der Waals surface area contributed by atoms with Crippen molar-refractivity contribution in [3.8, 4) is 0 Å². The molecule has 2 saturated heterocycles.